The molecule has 0 radical (unpaired) electrons. The van der Waals surface area contributed by atoms with Crippen LogP contribution >= 0.6 is 11.3 Å². The molecule has 0 saturated carbocycles. The van der Waals surface area contributed by atoms with Crippen molar-refractivity contribution in [2.75, 3.05) is 45.9 Å². The Kier molecular flexibility index (Phi) is 5.78. The van der Waals surface area contributed by atoms with E-state index in [1.54, 1.807) is 0 Å². The molecule has 0 aliphatic carbocycles. The minimum absolute atomic E-state index is 0.254. The highest BCUT2D eigenvalue weighted by molar-refractivity contribution is 7.12. The number of aliphatic hydroxyl groups excluding tert-OH is 1. The lowest BCUT2D eigenvalue weighted by Crippen LogP contribution is -2.37. The molecule has 2 heterocycles. The molecular formula is C14H25N3OS. The maximum atomic E-state index is 9.04. The zero-order chi connectivity index (χ0) is 13.7. The Morgan fingerprint density at radius 1 is 1.32 bits per heavy atom. The van der Waals surface area contributed by atoms with Gasteiger partial charge in [0.05, 0.1) is 12.6 Å². The number of hydrogen-bond acceptors (Lipinski definition) is 5. The summed E-state index contributed by atoms with van der Waals surface area (Å²) in [5, 5.41) is 9.04. The highest BCUT2D eigenvalue weighted by Crippen LogP contribution is 2.27. The number of rotatable bonds is 5. The van der Waals surface area contributed by atoms with Gasteiger partial charge in [0.25, 0.3) is 0 Å². The molecule has 1 aliphatic rings. The zero-order valence-corrected chi connectivity index (χ0v) is 12.5. The average Bonchev–Trinajstić information content (AvgIpc) is 2.69. The van der Waals surface area contributed by atoms with Gasteiger partial charge in [-0.25, -0.2) is 0 Å². The second-order valence-electron chi connectivity index (χ2n) is 5.15. The van der Waals surface area contributed by atoms with E-state index in [0.29, 0.717) is 12.6 Å². The number of nitrogens with two attached hydrogens (primary N) is 1. The third-order valence-electron chi connectivity index (χ3n) is 3.79. The summed E-state index contributed by atoms with van der Waals surface area (Å²) in [4.78, 5) is 7.58. The molecule has 1 atom stereocenters. The summed E-state index contributed by atoms with van der Waals surface area (Å²) in [6.07, 6.45) is 1.15. The van der Waals surface area contributed by atoms with Gasteiger partial charge in [0, 0.05) is 42.5 Å². The molecule has 1 unspecified atom stereocenters. The number of aliphatic hydroxyl groups is 1. The van der Waals surface area contributed by atoms with Crippen LogP contribution in [0.2, 0.25) is 0 Å². The van der Waals surface area contributed by atoms with Crippen LogP contribution in [0.1, 0.15) is 22.2 Å². The summed E-state index contributed by atoms with van der Waals surface area (Å²) in [6.45, 7) is 8.12. The largest absolute Gasteiger partial charge is 0.395 e. The number of thiophene rings is 1. The maximum absolute atomic E-state index is 9.04. The van der Waals surface area contributed by atoms with Crippen molar-refractivity contribution < 1.29 is 5.11 Å². The van der Waals surface area contributed by atoms with E-state index < -0.39 is 0 Å². The van der Waals surface area contributed by atoms with Crippen molar-refractivity contribution in [3.63, 3.8) is 0 Å². The predicted octanol–water partition coefficient (Wildman–Crippen LogP) is 1.06. The van der Waals surface area contributed by atoms with Gasteiger partial charge in [-0.15, -0.1) is 11.3 Å². The highest BCUT2D eigenvalue weighted by atomic mass is 32.1. The van der Waals surface area contributed by atoms with Crippen molar-refractivity contribution >= 4 is 11.3 Å². The molecule has 19 heavy (non-hydrogen) atoms. The van der Waals surface area contributed by atoms with E-state index in [-0.39, 0.29) is 6.61 Å². The SMILES string of the molecule is Cc1ccc(C(CN)N2CCCN(CCO)CC2)s1. The van der Waals surface area contributed by atoms with Crippen LogP contribution < -0.4 is 5.73 Å². The van der Waals surface area contributed by atoms with Crippen molar-refractivity contribution in [3.8, 4) is 0 Å². The molecule has 2 rings (SSSR count). The summed E-state index contributed by atoms with van der Waals surface area (Å²) < 4.78 is 0. The van der Waals surface area contributed by atoms with Gasteiger partial charge in [0.1, 0.15) is 0 Å². The Bertz CT molecular complexity index is 383. The van der Waals surface area contributed by atoms with Crippen molar-refractivity contribution in [2.24, 2.45) is 5.73 Å². The predicted molar refractivity (Wildman–Crippen MR) is 80.6 cm³/mol. The summed E-state index contributed by atoms with van der Waals surface area (Å²) >= 11 is 1.86. The standard InChI is InChI=1S/C14H25N3OS/c1-12-3-4-14(19-12)13(11-15)17-6-2-5-16(7-8-17)9-10-18/h3-4,13,18H,2,5-11,15H2,1H3. The molecule has 108 valence electrons. The van der Waals surface area contributed by atoms with Crippen molar-refractivity contribution in [2.45, 2.75) is 19.4 Å². The topological polar surface area (TPSA) is 52.7 Å². The lowest BCUT2D eigenvalue weighted by molar-refractivity contribution is 0.183. The summed E-state index contributed by atoms with van der Waals surface area (Å²) in [7, 11) is 0. The van der Waals surface area contributed by atoms with Crippen LogP contribution in [-0.4, -0.2) is 60.8 Å². The molecular weight excluding hydrogens is 258 g/mol. The molecule has 0 aromatic carbocycles. The minimum Gasteiger partial charge on any atom is -0.395 e. The monoisotopic (exact) mass is 283 g/mol. The maximum Gasteiger partial charge on any atom is 0.0564 e. The van der Waals surface area contributed by atoms with E-state index in [4.69, 9.17) is 10.8 Å². The molecule has 0 spiro atoms. The van der Waals surface area contributed by atoms with Crippen LogP contribution in [-0.2, 0) is 0 Å². The Morgan fingerprint density at radius 2 is 2.16 bits per heavy atom. The van der Waals surface area contributed by atoms with Crippen molar-refractivity contribution in [3.05, 3.63) is 21.9 Å². The molecule has 3 N–H and O–H groups in total. The molecule has 0 bridgehead atoms. The molecule has 1 aliphatic heterocycles. The lowest BCUT2D eigenvalue weighted by Gasteiger charge is -2.29. The lowest BCUT2D eigenvalue weighted by atomic mass is 10.2. The fourth-order valence-corrected chi connectivity index (χ4v) is 3.77. The van der Waals surface area contributed by atoms with Gasteiger partial charge >= 0.3 is 0 Å². The molecule has 1 fully saturated rings. The average molecular weight is 283 g/mol. The molecule has 5 heteroatoms. The van der Waals surface area contributed by atoms with E-state index in [2.05, 4.69) is 28.9 Å². The highest BCUT2D eigenvalue weighted by Gasteiger charge is 2.23. The van der Waals surface area contributed by atoms with Crippen LogP contribution in [0.15, 0.2) is 12.1 Å². The van der Waals surface area contributed by atoms with E-state index in [0.717, 1.165) is 39.1 Å². The molecule has 1 saturated heterocycles. The van der Waals surface area contributed by atoms with Crippen LogP contribution in [0.3, 0.4) is 0 Å². The number of aryl methyl sites for hydroxylation is 1. The fourth-order valence-electron chi connectivity index (χ4n) is 2.75. The minimum atomic E-state index is 0.254. The van der Waals surface area contributed by atoms with Crippen LogP contribution in [0, 0.1) is 6.92 Å². The van der Waals surface area contributed by atoms with Gasteiger partial charge in [-0.05, 0) is 32.0 Å². The van der Waals surface area contributed by atoms with E-state index in [1.165, 1.54) is 9.75 Å². The van der Waals surface area contributed by atoms with Crippen molar-refractivity contribution in [1.29, 1.82) is 0 Å². The Hall–Kier alpha value is -0.460. The molecule has 1 aromatic rings. The van der Waals surface area contributed by atoms with E-state index in [9.17, 15) is 0 Å². The summed E-state index contributed by atoms with van der Waals surface area (Å²) in [5.41, 5.74) is 6.00. The third kappa shape index (κ3) is 4.00. The number of β-amino-alcohol motifs (C(OH)–C–C–N with tert-alkyl or cyclic N) is 1. The Labute approximate surface area is 119 Å². The summed E-state index contributed by atoms with van der Waals surface area (Å²) in [5.74, 6) is 0. The van der Waals surface area contributed by atoms with Gasteiger partial charge in [0.15, 0.2) is 0 Å². The Morgan fingerprint density at radius 3 is 2.79 bits per heavy atom. The first-order valence-corrected chi connectivity index (χ1v) is 7.90. The Balaban J connectivity index is 1.99. The van der Waals surface area contributed by atoms with Gasteiger partial charge in [-0.2, -0.15) is 0 Å². The molecule has 0 amide bonds. The fraction of sp³-hybridized carbons (Fsp3) is 0.714. The zero-order valence-electron chi connectivity index (χ0n) is 11.7. The van der Waals surface area contributed by atoms with Gasteiger partial charge < -0.3 is 10.8 Å². The van der Waals surface area contributed by atoms with E-state index >= 15 is 0 Å². The number of hydrogen-bond donors (Lipinski definition) is 2. The normalized spacial score (nSPS) is 20.4. The van der Waals surface area contributed by atoms with Crippen LogP contribution in [0.5, 0.6) is 0 Å². The first-order chi connectivity index (χ1) is 9.24. The van der Waals surface area contributed by atoms with Crippen LogP contribution in [0.4, 0.5) is 0 Å². The van der Waals surface area contributed by atoms with Crippen LogP contribution in [0.25, 0.3) is 0 Å². The van der Waals surface area contributed by atoms with Gasteiger partial charge in [-0.1, -0.05) is 0 Å². The van der Waals surface area contributed by atoms with Crippen molar-refractivity contribution in [1.82, 2.24) is 9.80 Å². The van der Waals surface area contributed by atoms with Gasteiger partial charge in [-0.3, -0.25) is 9.80 Å². The third-order valence-corrected chi connectivity index (χ3v) is 4.89. The second-order valence-corrected chi connectivity index (χ2v) is 6.47. The molecule has 4 nitrogen and oxygen atoms in total. The first kappa shape index (κ1) is 14.9. The van der Waals surface area contributed by atoms with E-state index in [1.807, 2.05) is 11.3 Å². The smallest absolute Gasteiger partial charge is 0.0564 e. The summed E-state index contributed by atoms with van der Waals surface area (Å²) in [6, 6.07) is 4.75. The second kappa shape index (κ2) is 7.36. The molecule has 1 aromatic heterocycles. The number of nitrogens with zero attached hydrogens (tertiary/aromatic N) is 2. The quantitative estimate of drug-likeness (QED) is 0.848. The van der Waals surface area contributed by atoms with Gasteiger partial charge in [0.2, 0.25) is 0 Å². The first-order valence-electron chi connectivity index (χ1n) is 7.08.